The summed E-state index contributed by atoms with van der Waals surface area (Å²) in [5.74, 6) is -1.19. The number of esters is 2. The van der Waals surface area contributed by atoms with Crippen molar-refractivity contribution < 1.29 is 19.1 Å². The van der Waals surface area contributed by atoms with E-state index in [1.54, 1.807) is 6.07 Å². The van der Waals surface area contributed by atoms with Crippen LogP contribution in [-0.4, -0.2) is 31.1 Å². The number of ether oxygens (including phenoxy) is 2. The predicted octanol–water partition coefficient (Wildman–Crippen LogP) is 2.56. The number of H-pyrrole nitrogens is 1. The molecular weight excluding hydrogens is 258 g/mol. The van der Waals surface area contributed by atoms with Gasteiger partial charge < -0.3 is 14.5 Å². The number of nitrogens with one attached hydrogen (secondary N) is 1. The van der Waals surface area contributed by atoms with Gasteiger partial charge in [0.15, 0.2) is 0 Å². The molecule has 1 N–H and O–H groups in total. The van der Waals surface area contributed by atoms with Crippen LogP contribution in [0.15, 0.2) is 30.3 Å². The second-order valence-electron chi connectivity index (χ2n) is 4.32. The highest BCUT2D eigenvalue weighted by molar-refractivity contribution is 6.03. The Hall–Kier alpha value is -2.56. The van der Waals surface area contributed by atoms with Crippen LogP contribution in [0, 0.1) is 6.92 Å². The Labute approximate surface area is 116 Å². The lowest BCUT2D eigenvalue weighted by Crippen LogP contribution is -2.10. The van der Waals surface area contributed by atoms with Gasteiger partial charge in [0.05, 0.1) is 19.8 Å². The summed E-state index contributed by atoms with van der Waals surface area (Å²) in [5, 5.41) is 0. The minimum atomic E-state index is -0.608. The normalized spacial score (nSPS) is 10.2. The number of aryl methyl sites for hydroxylation is 1. The van der Waals surface area contributed by atoms with Crippen LogP contribution in [0.25, 0.3) is 11.3 Å². The van der Waals surface area contributed by atoms with Crippen LogP contribution in [0.5, 0.6) is 0 Å². The maximum atomic E-state index is 11.7. The van der Waals surface area contributed by atoms with Crippen LogP contribution in [0.1, 0.15) is 26.4 Å². The van der Waals surface area contributed by atoms with E-state index in [1.807, 2.05) is 31.2 Å². The molecule has 0 spiro atoms. The van der Waals surface area contributed by atoms with Crippen molar-refractivity contribution in [2.24, 2.45) is 0 Å². The van der Waals surface area contributed by atoms with Crippen molar-refractivity contribution in [3.8, 4) is 11.3 Å². The molecule has 0 aliphatic heterocycles. The molecule has 0 bridgehead atoms. The second-order valence-corrected chi connectivity index (χ2v) is 4.32. The lowest BCUT2D eigenvalue weighted by molar-refractivity contribution is 0.0552. The summed E-state index contributed by atoms with van der Waals surface area (Å²) in [4.78, 5) is 26.3. The summed E-state index contributed by atoms with van der Waals surface area (Å²) in [6.07, 6.45) is 0. The summed E-state index contributed by atoms with van der Waals surface area (Å²) >= 11 is 0. The van der Waals surface area contributed by atoms with Gasteiger partial charge in [-0.2, -0.15) is 0 Å². The molecule has 104 valence electrons. The Morgan fingerprint density at radius 3 is 2.15 bits per heavy atom. The third-order valence-corrected chi connectivity index (χ3v) is 2.98. The van der Waals surface area contributed by atoms with E-state index in [0.717, 1.165) is 11.1 Å². The molecule has 0 atom stereocenters. The standard InChI is InChI=1S/C15H15NO4/c1-9-4-6-10(7-5-9)12-8-11(14(17)19-2)13(16-12)15(18)20-3/h4-8,16H,1-3H3. The predicted molar refractivity (Wildman–Crippen MR) is 73.6 cm³/mol. The Balaban J connectivity index is 2.51. The quantitative estimate of drug-likeness (QED) is 0.873. The molecule has 0 fully saturated rings. The van der Waals surface area contributed by atoms with Crippen molar-refractivity contribution in [3.05, 3.63) is 47.2 Å². The van der Waals surface area contributed by atoms with Crippen molar-refractivity contribution >= 4 is 11.9 Å². The Morgan fingerprint density at radius 2 is 1.60 bits per heavy atom. The van der Waals surface area contributed by atoms with Gasteiger partial charge in [0.2, 0.25) is 0 Å². The zero-order chi connectivity index (χ0) is 14.7. The summed E-state index contributed by atoms with van der Waals surface area (Å²) in [6, 6.07) is 9.30. The first-order chi connectivity index (χ1) is 9.56. The minimum absolute atomic E-state index is 0.0925. The SMILES string of the molecule is COC(=O)c1cc(-c2ccc(C)cc2)[nH]c1C(=O)OC. The van der Waals surface area contributed by atoms with Crippen molar-refractivity contribution in [3.63, 3.8) is 0 Å². The van der Waals surface area contributed by atoms with Crippen LogP contribution >= 0.6 is 0 Å². The molecule has 1 aromatic heterocycles. The molecule has 1 heterocycles. The fraction of sp³-hybridized carbons (Fsp3) is 0.200. The fourth-order valence-corrected chi connectivity index (χ4v) is 1.88. The van der Waals surface area contributed by atoms with Crippen molar-refractivity contribution in [1.29, 1.82) is 0 Å². The Kier molecular flexibility index (Phi) is 3.89. The van der Waals surface area contributed by atoms with Gasteiger partial charge in [-0.25, -0.2) is 9.59 Å². The molecule has 5 heteroatoms. The first-order valence-corrected chi connectivity index (χ1v) is 6.03. The maximum Gasteiger partial charge on any atom is 0.355 e. The number of hydrogen-bond donors (Lipinski definition) is 1. The molecule has 0 radical (unpaired) electrons. The van der Waals surface area contributed by atoms with Gasteiger partial charge in [0.1, 0.15) is 5.69 Å². The van der Waals surface area contributed by atoms with E-state index in [9.17, 15) is 9.59 Å². The van der Waals surface area contributed by atoms with Gasteiger partial charge in [-0.3, -0.25) is 0 Å². The molecule has 20 heavy (non-hydrogen) atoms. The van der Waals surface area contributed by atoms with E-state index in [4.69, 9.17) is 0 Å². The van der Waals surface area contributed by atoms with E-state index in [-0.39, 0.29) is 11.3 Å². The van der Waals surface area contributed by atoms with E-state index >= 15 is 0 Å². The summed E-state index contributed by atoms with van der Waals surface area (Å²) in [5.41, 5.74) is 2.91. The van der Waals surface area contributed by atoms with Crippen molar-refractivity contribution in [2.75, 3.05) is 14.2 Å². The number of aromatic nitrogens is 1. The van der Waals surface area contributed by atoms with Crippen LogP contribution in [0.3, 0.4) is 0 Å². The van der Waals surface area contributed by atoms with Crippen molar-refractivity contribution in [2.45, 2.75) is 6.92 Å². The lowest BCUT2D eigenvalue weighted by atomic mass is 10.1. The lowest BCUT2D eigenvalue weighted by Gasteiger charge is -2.00. The molecule has 0 saturated heterocycles. The van der Waals surface area contributed by atoms with E-state index < -0.39 is 11.9 Å². The molecule has 0 aliphatic rings. The first kappa shape index (κ1) is 13.9. The largest absolute Gasteiger partial charge is 0.465 e. The highest BCUT2D eigenvalue weighted by atomic mass is 16.5. The van der Waals surface area contributed by atoms with E-state index in [2.05, 4.69) is 14.5 Å². The number of hydrogen-bond acceptors (Lipinski definition) is 4. The van der Waals surface area contributed by atoms with Gasteiger partial charge in [-0.15, -0.1) is 0 Å². The molecule has 2 rings (SSSR count). The number of methoxy groups -OCH3 is 2. The smallest absolute Gasteiger partial charge is 0.355 e. The maximum absolute atomic E-state index is 11.7. The fourth-order valence-electron chi connectivity index (χ4n) is 1.88. The number of benzene rings is 1. The molecule has 2 aromatic rings. The van der Waals surface area contributed by atoms with Crippen molar-refractivity contribution in [1.82, 2.24) is 4.98 Å². The third-order valence-electron chi connectivity index (χ3n) is 2.98. The van der Waals surface area contributed by atoms with Gasteiger partial charge >= 0.3 is 11.9 Å². The highest BCUT2D eigenvalue weighted by Gasteiger charge is 2.22. The Bertz CT molecular complexity index is 607. The molecular formula is C15H15NO4. The molecule has 5 nitrogen and oxygen atoms in total. The van der Waals surface area contributed by atoms with Gasteiger partial charge in [-0.05, 0) is 18.6 Å². The highest BCUT2D eigenvalue weighted by Crippen LogP contribution is 2.23. The minimum Gasteiger partial charge on any atom is -0.465 e. The molecule has 0 unspecified atom stereocenters. The number of aromatic amines is 1. The first-order valence-electron chi connectivity index (χ1n) is 6.03. The summed E-state index contributed by atoms with van der Waals surface area (Å²) in [7, 11) is 2.53. The topological polar surface area (TPSA) is 68.4 Å². The number of carbonyl (C=O) groups excluding carboxylic acids is 2. The molecule has 0 amide bonds. The monoisotopic (exact) mass is 273 g/mol. The summed E-state index contributed by atoms with van der Waals surface area (Å²) in [6.45, 7) is 1.98. The van der Waals surface area contributed by atoms with Crippen LogP contribution in [0.4, 0.5) is 0 Å². The number of carbonyl (C=O) groups is 2. The average Bonchev–Trinajstić information content (AvgIpc) is 2.91. The molecule has 0 saturated carbocycles. The van der Waals surface area contributed by atoms with E-state index in [0.29, 0.717) is 5.69 Å². The average molecular weight is 273 g/mol. The molecule has 1 aromatic carbocycles. The van der Waals surface area contributed by atoms with Crippen LogP contribution in [0.2, 0.25) is 0 Å². The van der Waals surface area contributed by atoms with Gasteiger partial charge in [-0.1, -0.05) is 29.8 Å². The third kappa shape index (κ3) is 2.56. The summed E-state index contributed by atoms with van der Waals surface area (Å²) < 4.78 is 9.34. The molecule has 0 aliphatic carbocycles. The van der Waals surface area contributed by atoms with Gasteiger partial charge in [0, 0.05) is 5.69 Å². The van der Waals surface area contributed by atoms with E-state index in [1.165, 1.54) is 14.2 Å². The zero-order valence-electron chi connectivity index (χ0n) is 11.5. The van der Waals surface area contributed by atoms with Crippen LogP contribution < -0.4 is 0 Å². The zero-order valence-corrected chi connectivity index (χ0v) is 11.5. The number of rotatable bonds is 3. The Morgan fingerprint density at radius 1 is 1.00 bits per heavy atom. The van der Waals surface area contributed by atoms with Crippen LogP contribution in [-0.2, 0) is 9.47 Å². The van der Waals surface area contributed by atoms with Gasteiger partial charge in [0.25, 0.3) is 0 Å². The second kappa shape index (κ2) is 5.61.